The molecule has 0 amide bonds. The highest BCUT2D eigenvalue weighted by atomic mass is 16.3. The van der Waals surface area contributed by atoms with Crippen molar-refractivity contribution in [2.45, 2.75) is 18.9 Å². The summed E-state index contributed by atoms with van der Waals surface area (Å²) in [6, 6.07) is 0.617. The Bertz CT molecular complexity index is 144. The van der Waals surface area contributed by atoms with Crippen LogP contribution >= 0.6 is 0 Å². The maximum absolute atomic E-state index is 8.84. The van der Waals surface area contributed by atoms with E-state index in [2.05, 4.69) is 16.8 Å². The van der Waals surface area contributed by atoms with E-state index in [0.29, 0.717) is 6.04 Å². The number of aliphatic hydroxyl groups is 1. The van der Waals surface area contributed by atoms with Crippen molar-refractivity contribution in [3.05, 3.63) is 12.7 Å². The summed E-state index contributed by atoms with van der Waals surface area (Å²) < 4.78 is 0. The van der Waals surface area contributed by atoms with E-state index in [4.69, 9.17) is 5.11 Å². The van der Waals surface area contributed by atoms with Crippen LogP contribution in [-0.2, 0) is 0 Å². The van der Waals surface area contributed by atoms with Crippen molar-refractivity contribution in [2.75, 3.05) is 32.8 Å². The van der Waals surface area contributed by atoms with Gasteiger partial charge in [0, 0.05) is 25.7 Å². The van der Waals surface area contributed by atoms with Gasteiger partial charge in [-0.3, -0.25) is 4.90 Å². The van der Waals surface area contributed by atoms with Gasteiger partial charge in [0.2, 0.25) is 0 Å². The molecule has 1 fully saturated rings. The molecule has 0 radical (unpaired) electrons. The van der Waals surface area contributed by atoms with Crippen molar-refractivity contribution in [1.82, 2.24) is 10.2 Å². The second-order valence-corrected chi connectivity index (χ2v) is 3.57. The molecule has 1 saturated heterocycles. The summed E-state index contributed by atoms with van der Waals surface area (Å²) in [5, 5.41) is 12.3. The van der Waals surface area contributed by atoms with Crippen LogP contribution in [0.3, 0.4) is 0 Å². The van der Waals surface area contributed by atoms with Crippen molar-refractivity contribution in [3.63, 3.8) is 0 Å². The lowest BCUT2D eigenvalue weighted by atomic mass is 10.2. The summed E-state index contributed by atoms with van der Waals surface area (Å²) in [6.45, 7) is 7.76. The van der Waals surface area contributed by atoms with E-state index in [1.165, 1.54) is 12.8 Å². The molecule has 1 rings (SSSR count). The molecule has 0 aliphatic carbocycles. The van der Waals surface area contributed by atoms with Crippen LogP contribution in [0, 0.1) is 0 Å². The van der Waals surface area contributed by atoms with E-state index >= 15 is 0 Å². The monoisotopic (exact) mass is 184 g/mol. The fourth-order valence-corrected chi connectivity index (χ4v) is 1.81. The van der Waals surface area contributed by atoms with Crippen molar-refractivity contribution in [3.8, 4) is 0 Å². The van der Waals surface area contributed by atoms with Crippen molar-refractivity contribution >= 4 is 0 Å². The maximum Gasteiger partial charge on any atom is 0.0558 e. The minimum Gasteiger partial charge on any atom is -0.395 e. The Morgan fingerprint density at radius 1 is 1.62 bits per heavy atom. The lowest BCUT2D eigenvalue weighted by Crippen LogP contribution is -2.39. The molecule has 76 valence electrons. The average Bonchev–Trinajstić information content (AvgIpc) is 2.58. The van der Waals surface area contributed by atoms with E-state index in [1.807, 2.05) is 6.08 Å². The molecule has 0 aromatic heterocycles. The Labute approximate surface area is 80.4 Å². The van der Waals surface area contributed by atoms with Crippen molar-refractivity contribution < 1.29 is 5.11 Å². The minimum absolute atomic E-state index is 0.237. The molecule has 3 heteroatoms. The fraction of sp³-hybridized carbons (Fsp3) is 0.800. The first kappa shape index (κ1) is 10.7. The Kier molecular flexibility index (Phi) is 5.05. The summed E-state index contributed by atoms with van der Waals surface area (Å²) in [5.41, 5.74) is 0. The lowest BCUT2D eigenvalue weighted by Gasteiger charge is -2.23. The Hall–Kier alpha value is -0.380. The van der Waals surface area contributed by atoms with Crippen LogP contribution in [0.2, 0.25) is 0 Å². The first-order valence-corrected chi connectivity index (χ1v) is 5.04. The summed E-state index contributed by atoms with van der Waals surface area (Å²) in [4.78, 5) is 2.23. The van der Waals surface area contributed by atoms with Gasteiger partial charge in [-0.2, -0.15) is 0 Å². The number of hydrogen-bond donors (Lipinski definition) is 2. The smallest absolute Gasteiger partial charge is 0.0558 e. The van der Waals surface area contributed by atoms with Crippen molar-refractivity contribution in [2.24, 2.45) is 0 Å². The lowest BCUT2D eigenvalue weighted by molar-refractivity contribution is 0.198. The molecule has 0 aromatic rings. The average molecular weight is 184 g/mol. The fourth-order valence-electron chi connectivity index (χ4n) is 1.81. The molecule has 1 heterocycles. The van der Waals surface area contributed by atoms with Crippen LogP contribution < -0.4 is 5.32 Å². The van der Waals surface area contributed by atoms with E-state index in [1.54, 1.807) is 0 Å². The minimum atomic E-state index is 0.237. The molecule has 13 heavy (non-hydrogen) atoms. The first-order chi connectivity index (χ1) is 6.36. The van der Waals surface area contributed by atoms with Gasteiger partial charge in [-0.15, -0.1) is 6.58 Å². The molecule has 1 aliphatic heterocycles. The number of aliphatic hydroxyl groups excluding tert-OH is 1. The summed E-state index contributed by atoms with van der Waals surface area (Å²) >= 11 is 0. The van der Waals surface area contributed by atoms with Crippen LogP contribution in [0.4, 0.5) is 0 Å². The Morgan fingerprint density at radius 2 is 2.46 bits per heavy atom. The van der Waals surface area contributed by atoms with Gasteiger partial charge in [-0.25, -0.2) is 0 Å². The van der Waals surface area contributed by atoms with Crippen LogP contribution in [0.5, 0.6) is 0 Å². The normalized spacial score (nSPS) is 22.5. The maximum atomic E-state index is 8.84. The molecule has 0 saturated carbocycles. The van der Waals surface area contributed by atoms with Gasteiger partial charge in [-0.05, 0) is 19.4 Å². The third kappa shape index (κ3) is 3.89. The predicted octanol–water partition coefficient (Wildman–Crippen LogP) is 0.219. The Balaban J connectivity index is 2.22. The zero-order valence-corrected chi connectivity index (χ0v) is 8.21. The summed E-state index contributed by atoms with van der Waals surface area (Å²) in [7, 11) is 0. The molecule has 2 N–H and O–H groups in total. The molecule has 0 spiro atoms. The molecule has 1 atom stereocenters. The van der Waals surface area contributed by atoms with E-state index in [9.17, 15) is 0 Å². The number of hydrogen-bond acceptors (Lipinski definition) is 3. The van der Waals surface area contributed by atoms with Crippen LogP contribution in [0.1, 0.15) is 12.8 Å². The number of nitrogens with zero attached hydrogens (tertiary/aromatic N) is 1. The topological polar surface area (TPSA) is 35.5 Å². The molecular formula is C10H20N2O. The highest BCUT2D eigenvalue weighted by molar-refractivity contribution is 4.81. The largest absolute Gasteiger partial charge is 0.395 e. The molecule has 1 unspecified atom stereocenters. The van der Waals surface area contributed by atoms with Gasteiger partial charge >= 0.3 is 0 Å². The van der Waals surface area contributed by atoms with E-state index in [0.717, 1.165) is 26.2 Å². The zero-order valence-electron chi connectivity index (χ0n) is 8.21. The zero-order chi connectivity index (χ0) is 9.52. The van der Waals surface area contributed by atoms with Crippen molar-refractivity contribution in [1.29, 1.82) is 0 Å². The SMILES string of the molecule is C=CCN(CCO)CC1CCCN1. The van der Waals surface area contributed by atoms with Gasteiger partial charge in [0.1, 0.15) is 0 Å². The standard InChI is InChI=1S/C10H20N2O/c1-2-6-12(7-8-13)9-10-4-3-5-11-10/h2,10-11,13H,1,3-9H2. The molecule has 0 aromatic carbocycles. The van der Waals surface area contributed by atoms with E-state index in [-0.39, 0.29) is 6.61 Å². The van der Waals surface area contributed by atoms with Gasteiger partial charge in [0.05, 0.1) is 6.61 Å². The van der Waals surface area contributed by atoms with Gasteiger partial charge in [0.25, 0.3) is 0 Å². The first-order valence-electron chi connectivity index (χ1n) is 5.04. The quantitative estimate of drug-likeness (QED) is 0.580. The van der Waals surface area contributed by atoms with E-state index < -0.39 is 0 Å². The highest BCUT2D eigenvalue weighted by Crippen LogP contribution is 2.06. The third-order valence-electron chi connectivity index (χ3n) is 2.44. The summed E-state index contributed by atoms with van der Waals surface area (Å²) in [6.07, 6.45) is 4.44. The summed E-state index contributed by atoms with van der Waals surface area (Å²) in [5.74, 6) is 0. The highest BCUT2D eigenvalue weighted by Gasteiger charge is 2.16. The van der Waals surface area contributed by atoms with Crippen LogP contribution in [-0.4, -0.2) is 48.8 Å². The van der Waals surface area contributed by atoms with Gasteiger partial charge in [0.15, 0.2) is 0 Å². The second-order valence-electron chi connectivity index (χ2n) is 3.57. The Morgan fingerprint density at radius 3 is 3.00 bits per heavy atom. The third-order valence-corrected chi connectivity index (χ3v) is 2.44. The van der Waals surface area contributed by atoms with Gasteiger partial charge in [-0.1, -0.05) is 6.08 Å². The molecule has 1 aliphatic rings. The van der Waals surface area contributed by atoms with Crippen LogP contribution in [0.15, 0.2) is 12.7 Å². The number of rotatable bonds is 6. The number of nitrogens with one attached hydrogen (secondary N) is 1. The predicted molar refractivity (Wildman–Crippen MR) is 54.7 cm³/mol. The molecule has 3 nitrogen and oxygen atoms in total. The van der Waals surface area contributed by atoms with Crippen LogP contribution in [0.25, 0.3) is 0 Å². The molecular weight excluding hydrogens is 164 g/mol. The van der Waals surface area contributed by atoms with Gasteiger partial charge < -0.3 is 10.4 Å². The molecule has 0 bridgehead atoms. The second kappa shape index (κ2) is 6.13.